The van der Waals surface area contributed by atoms with Crippen LogP contribution in [0, 0.1) is 0 Å². The highest BCUT2D eigenvalue weighted by molar-refractivity contribution is 5.83. The Labute approximate surface area is 159 Å². The summed E-state index contributed by atoms with van der Waals surface area (Å²) >= 11 is 0. The largest absolute Gasteiger partial charge is 0.493 e. The van der Waals surface area contributed by atoms with Gasteiger partial charge in [0, 0.05) is 0 Å². The lowest BCUT2D eigenvalue weighted by molar-refractivity contribution is 0.322. The average Bonchev–Trinajstić information content (AvgIpc) is 2.66. The van der Waals surface area contributed by atoms with Gasteiger partial charge in [-0.15, -0.1) is 5.10 Å². The summed E-state index contributed by atoms with van der Waals surface area (Å²) in [6.45, 7) is 8.46. The Morgan fingerprint density at radius 2 is 2.07 bits per heavy atom. The van der Waals surface area contributed by atoms with Crippen molar-refractivity contribution in [2.24, 2.45) is 32.1 Å². The number of guanidine groups is 1. The Morgan fingerprint density at radius 1 is 1.30 bits per heavy atom. The standard InChI is InChI=1S/C19H26N6O2/c1-5-14(2)7-6-8-15(3)13-27-17-10-9-16(11-18(17)26-4)12-22-23-19(20)24-25-21/h5-6,8-12H,3,7,13H2,1-2,4H3,(H4,20,21,23,24)/b8-6-,14-5-,22-12+. The summed E-state index contributed by atoms with van der Waals surface area (Å²) in [5, 5.41) is 13.8. The van der Waals surface area contributed by atoms with Crippen LogP contribution in [-0.4, -0.2) is 25.9 Å². The van der Waals surface area contributed by atoms with E-state index in [1.807, 2.05) is 19.1 Å². The molecule has 0 atom stereocenters. The number of ether oxygens (including phenoxy) is 2. The molecule has 144 valence electrons. The lowest BCUT2D eigenvalue weighted by atomic mass is 10.2. The highest BCUT2D eigenvalue weighted by Gasteiger charge is 2.05. The Kier molecular flexibility index (Phi) is 9.62. The van der Waals surface area contributed by atoms with Gasteiger partial charge in [-0.05, 0) is 49.6 Å². The molecule has 0 fully saturated rings. The Morgan fingerprint density at radius 3 is 2.74 bits per heavy atom. The Balaban J connectivity index is 2.71. The SMILES string of the molecule is C=C(/C=C\C/C(C)=C\C)COc1ccc(/C=N/N=C(N)/N=N\N)cc1OC. The second-order valence-electron chi connectivity index (χ2n) is 5.52. The van der Waals surface area contributed by atoms with E-state index in [-0.39, 0.29) is 5.96 Å². The maximum Gasteiger partial charge on any atom is 0.261 e. The molecule has 0 aromatic heterocycles. The minimum atomic E-state index is -0.142. The van der Waals surface area contributed by atoms with Gasteiger partial charge in [0.15, 0.2) is 11.5 Å². The van der Waals surface area contributed by atoms with Crippen molar-refractivity contribution in [3.05, 3.63) is 59.7 Å². The molecule has 0 bridgehead atoms. The monoisotopic (exact) mass is 370 g/mol. The molecule has 8 heteroatoms. The molecule has 1 aromatic rings. The normalized spacial score (nSPS) is 13.0. The summed E-state index contributed by atoms with van der Waals surface area (Å²) in [7, 11) is 1.56. The molecule has 0 aliphatic carbocycles. The van der Waals surface area contributed by atoms with Crippen LogP contribution in [0.2, 0.25) is 0 Å². The van der Waals surface area contributed by atoms with Gasteiger partial charge in [-0.2, -0.15) is 5.10 Å². The fraction of sp³-hybridized carbons (Fsp3) is 0.263. The Hall–Kier alpha value is -3.42. The molecule has 0 aliphatic rings. The Bertz CT molecular complexity index is 778. The van der Waals surface area contributed by atoms with Crippen LogP contribution in [0.15, 0.2) is 74.7 Å². The fourth-order valence-electron chi connectivity index (χ4n) is 1.87. The van der Waals surface area contributed by atoms with E-state index >= 15 is 0 Å². The van der Waals surface area contributed by atoms with Crippen LogP contribution in [-0.2, 0) is 0 Å². The molecule has 0 aliphatic heterocycles. The number of benzene rings is 1. The minimum absolute atomic E-state index is 0.142. The van der Waals surface area contributed by atoms with Crippen molar-refractivity contribution in [1.82, 2.24) is 0 Å². The lowest BCUT2D eigenvalue weighted by Crippen LogP contribution is -2.07. The quantitative estimate of drug-likeness (QED) is 0.131. The van der Waals surface area contributed by atoms with Crippen molar-refractivity contribution in [3.8, 4) is 11.5 Å². The zero-order chi connectivity index (χ0) is 20.1. The highest BCUT2D eigenvalue weighted by Crippen LogP contribution is 2.28. The number of allylic oxidation sites excluding steroid dienone is 3. The first kappa shape index (κ1) is 21.6. The molecule has 27 heavy (non-hydrogen) atoms. The van der Waals surface area contributed by atoms with Crippen LogP contribution in [0.4, 0.5) is 0 Å². The van der Waals surface area contributed by atoms with Gasteiger partial charge < -0.3 is 21.1 Å². The van der Waals surface area contributed by atoms with Crippen LogP contribution in [0.1, 0.15) is 25.8 Å². The van der Waals surface area contributed by atoms with E-state index in [9.17, 15) is 0 Å². The smallest absolute Gasteiger partial charge is 0.261 e. The van der Waals surface area contributed by atoms with E-state index < -0.39 is 0 Å². The van der Waals surface area contributed by atoms with Crippen LogP contribution in [0.3, 0.4) is 0 Å². The van der Waals surface area contributed by atoms with E-state index in [1.165, 1.54) is 11.8 Å². The third-order valence-electron chi connectivity index (χ3n) is 3.41. The predicted molar refractivity (Wildman–Crippen MR) is 109 cm³/mol. The molecule has 0 radical (unpaired) electrons. The molecule has 8 nitrogen and oxygen atoms in total. The highest BCUT2D eigenvalue weighted by atomic mass is 16.5. The number of hydrogen-bond acceptors (Lipinski definition) is 5. The van der Waals surface area contributed by atoms with Gasteiger partial charge in [0.25, 0.3) is 5.96 Å². The molecule has 1 aromatic carbocycles. The number of nitrogens with zero attached hydrogens (tertiary/aromatic N) is 4. The summed E-state index contributed by atoms with van der Waals surface area (Å²) in [5.74, 6) is 5.90. The zero-order valence-electron chi connectivity index (χ0n) is 15.9. The average molecular weight is 370 g/mol. The number of methoxy groups -OCH3 is 1. The van der Waals surface area contributed by atoms with Gasteiger partial charge in [-0.3, -0.25) is 0 Å². The number of nitrogens with two attached hydrogens (primary N) is 2. The van der Waals surface area contributed by atoms with Crippen LogP contribution < -0.4 is 21.1 Å². The summed E-state index contributed by atoms with van der Waals surface area (Å²) in [4.78, 5) is 0. The summed E-state index contributed by atoms with van der Waals surface area (Å²) in [5.41, 5.74) is 8.31. The maximum absolute atomic E-state index is 5.78. The van der Waals surface area contributed by atoms with Crippen molar-refractivity contribution in [2.75, 3.05) is 13.7 Å². The van der Waals surface area contributed by atoms with Crippen LogP contribution >= 0.6 is 0 Å². The minimum Gasteiger partial charge on any atom is -0.493 e. The molecular formula is C19H26N6O2. The van der Waals surface area contributed by atoms with E-state index in [2.05, 4.69) is 46.2 Å². The van der Waals surface area contributed by atoms with Crippen LogP contribution in [0.25, 0.3) is 0 Å². The predicted octanol–water partition coefficient (Wildman–Crippen LogP) is 3.52. The first-order chi connectivity index (χ1) is 13.0. The fourth-order valence-corrected chi connectivity index (χ4v) is 1.87. The second kappa shape index (κ2) is 12.0. The maximum atomic E-state index is 5.78. The molecule has 0 unspecified atom stereocenters. The van der Waals surface area contributed by atoms with Gasteiger partial charge >= 0.3 is 0 Å². The molecular weight excluding hydrogens is 344 g/mol. The van der Waals surface area contributed by atoms with Gasteiger partial charge in [-0.1, -0.05) is 40.7 Å². The third kappa shape index (κ3) is 8.48. The summed E-state index contributed by atoms with van der Waals surface area (Å²) in [6.07, 6.45) is 8.50. The van der Waals surface area contributed by atoms with Crippen molar-refractivity contribution in [1.29, 1.82) is 0 Å². The molecule has 4 N–H and O–H groups in total. The van der Waals surface area contributed by atoms with Gasteiger partial charge in [-0.25, -0.2) is 0 Å². The van der Waals surface area contributed by atoms with E-state index in [0.29, 0.717) is 18.1 Å². The van der Waals surface area contributed by atoms with Gasteiger partial charge in [0.1, 0.15) is 6.61 Å². The van der Waals surface area contributed by atoms with E-state index in [0.717, 1.165) is 17.6 Å². The van der Waals surface area contributed by atoms with Gasteiger partial charge in [0.05, 0.1) is 13.3 Å². The van der Waals surface area contributed by atoms with Crippen molar-refractivity contribution in [3.63, 3.8) is 0 Å². The summed E-state index contributed by atoms with van der Waals surface area (Å²) < 4.78 is 11.1. The number of hydrogen-bond donors (Lipinski definition) is 2. The zero-order valence-corrected chi connectivity index (χ0v) is 15.9. The van der Waals surface area contributed by atoms with E-state index in [1.54, 1.807) is 19.2 Å². The second-order valence-corrected chi connectivity index (χ2v) is 5.52. The van der Waals surface area contributed by atoms with Gasteiger partial charge in [0.2, 0.25) is 0 Å². The molecule has 1 rings (SSSR count). The van der Waals surface area contributed by atoms with Crippen LogP contribution in [0.5, 0.6) is 11.5 Å². The first-order valence-corrected chi connectivity index (χ1v) is 8.24. The molecule has 0 amide bonds. The first-order valence-electron chi connectivity index (χ1n) is 8.24. The lowest BCUT2D eigenvalue weighted by Gasteiger charge is -2.11. The van der Waals surface area contributed by atoms with E-state index in [4.69, 9.17) is 21.1 Å². The topological polar surface area (TPSA) is 120 Å². The van der Waals surface area contributed by atoms with Crippen molar-refractivity contribution < 1.29 is 9.47 Å². The third-order valence-corrected chi connectivity index (χ3v) is 3.41. The molecule has 0 heterocycles. The molecule has 0 saturated heterocycles. The molecule has 0 saturated carbocycles. The van der Waals surface area contributed by atoms with Crippen molar-refractivity contribution in [2.45, 2.75) is 20.3 Å². The van der Waals surface area contributed by atoms with Crippen molar-refractivity contribution >= 4 is 12.2 Å². The molecule has 0 spiro atoms. The number of rotatable bonds is 9. The summed E-state index contributed by atoms with van der Waals surface area (Å²) in [6, 6.07) is 5.36.